The number of nitro groups is 1. The summed E-state index contributed by atoms with van der Waals surface area (Å²) in [4.78, 5) is 23.7. The predicted octanol–water partition coefficient (Wildman–Crippen LogP) is 2.78. The van der Waals surface area contributed by atoms with Crippen LogP contribution in [-0.4, -0.2) is 47.1 Å². The Balaban J connectivity index is 2.19. The molecule has 0 unspecified atom stereocenters. The van der Waals surface area contributed by atoms with E-state index in [2.05, 4.69) is 10.1 Å². The normalized spacial score (nSPS) is 14.8. The predicted molar refractivity (Wildman–Crippen MR) is 77.6 cm³/mol. The number of nitrogens with zero attached hydrogens (tertiary/aromatic N) is 2. The van der Waals surface area contributed by atoms with E-state index in [1.54, 1.807) is 11.8 Å². The zero-order valence-corrected chi connectivity index (χ0v) is 12.1. The van der Waals surface area contributed by atoms with Crippen LogP contribution in [0.2, 0.25) is 0 Å². The van der Waals surface area contributed by atoms with Gasteiger partial charge in [0.1, 0.15) is 5.75 Å². The first kappa shape index (κ1) is 16.3. The van der Waals surface area contributed by atoms with Crippen LogP contribution in [-0.2, 0) is 0 Å². The Morgan fingerprint density at radius 1 is 1.41 bits per heavy atom. The lowest BCUT2D eigenvalue weighted by molar-refractivity contribution is -0.384. The second kappa shape index (κ2) is 7.25. The monoisotopic (exact) mass is 333 g/mol. The number of anilines is 1. The van der Waals surface area contributed by atoms with Crippen LogP contribution < -0.4 is 10.1 Å². The molecule has 0 atom stereocenters. The van der Waals surface area contributed by atoms with Gasteiger partial charge in [-0.25, -0.2) is 4.79 Å². The first-order valence-corrected chi connectivity index (χ1v) is 7.50. The molecule has 7 nitrogen and oxygen atoms in total. The van der Waals surface area contributed by atoms with Gasteiger partial charge in [0, 0.05) is 36.7 Å². The molecular formula is C12H13F2N3O4S. The number of non-ortho nitro benzene ring substituents is 1. The molecule has 1 N–H and O–H groups in total. The van der Waals surface area contributed by atoms with E-state index in [9.17, 15) is 23.7 Å². The number of thioether (sulfide) groups is 1. The van der Waals surface area contributed by atoms with E-state index in [4.69, 9.17) is 0 Å². The largest absolute Gasteiger partial charge is 0.433 e. The molecule has 1 aromatic carbocycles. The van der Waals surface area contributed by atoms with Crippen molar-refractivity contribution in [1.29, 1.82) is 0 Å². The van der Waals surface area contributed by atoms with E-state index in [0.29, 0.717) is 13.1 Å². The number of ether oxygens (including phenoxy) is 1. The lowest BCUT2D eigenvalue weighted by Gasteiger charge is -2.26. The van der Waals surface area contributed by atoms with E-state index in [0.717, 1.165) is 29.7 Å². The second-order valence-corrected chi connectivity index (χ2v) is 5.57. The lowest BCUT2D eigenvalue weighted by Crippen LogP contribution is -2.40. The maximum absolute atomic E-state index is 12.4. The van der Waals surface area contributed by atoms with Crippen molar-refractivity contribution in [3.63, 3.8) is 0 Å². The third-order valence-electron chi connectivity index (χ3n) is 2.93. The van der Waals surface area contributed by atoms with E-state index in [1.807, 2.05) is 0 Å². The molecule has 2 amide bonds. The number of alkyl halides is 2. The molecule has 120 valence electrons. The number of nitro benzene ring substituents is 1. The standard InChI is InChI=1S/C12H13F2N3O4S/c13-11(14)21-10-2-1-8(17(19)20)7-9(10)15-12(18)16-3-5-22-6-4-16/h1-2,7,11H,3-6H2,(H,15,18). The molecule has 2 rings (SSSR count). The fraction of sp³-hybridized carbons (Fsp3) is 0.417. The van der Waals surface area contributed by atoms with E-state index < -0.39 is 17.6 Å². The highest BCUT2D eigenvalue weighted by Crippen LogP contribution is 2.30. The summed E-state index contributed by atoms with van der Waals surface area (Å²) >= 11 is 1.71. The van der Waals surface area contributed by atoms with Crippen molar-refractivity contribution in [3.05, 3.63) is 28.3 Å². The molecule has 1 aliphatic rings. The zero-order chi connectivity index (χ0) is 16.1. The molecule has 0 radical (unpaired) electrons. The van der Waals surface area contributed by atoms with Crippen LogP contribution in [0.5, 0.6) is 5.75 Å². The molecule has 0 bridgehead atoms. The smallest absolute Gasteiger partial charge is 0.387 e. The number of nitrogens with one attached hydrogen (secondary N) is 1. The van der Waals surface area contributed by atoms with Crippen molar-refractivity contribution in [2.45, 2.75) is 6.61 Å². The molecule has 10 heteroatoms. The number of hydrogen-bond donors (Lipinski definition) is 1. The summed E-state index contributed by atoms with van der Waals surface area (Å²) < 4.78 is 29.0. The molecule has 0 saturated carbocycles. The number of rotatable bonds is 4. The van der Waals surface area contributed by atoms with Crippen molar-refractivity contribution < 1.29 is 23.2 Å². The number of benzene rings is 1. The summed E-state index contributed by atoms with van der Waals surface area (Å²) in [6, 6.07) is 2.56. The molecule has 22 heavy (non-hydrogen) atoms. The Morgan fingerprint density at radius 3 is 2.68 bits per heavy atom. The van der Waals surface area contributed by atoms with Gasteiger partial charge in [-0.3, -0.25) is 10.1 Å². The maximum Gasteiger partial charge on any atom is 0.387 e. The Hall–Kier alpha value is -2.10. The van der Waals surface area contributed by atoms with Crippen LogP contribution >= 0.6 is 11.8 Å². The topological polar surface area (TPSA) is 84.7 Å². The molecule has 0 aliphatic carbocycles. The van der Waals surface area contributed by atoms with Crippen LogP contribution in [0.3, 0.4) is 0 Å². The Labute approximate surface area is 128 Å². The average Bonchev–Trinajstić information content (AvgIpc) is 2.49. The van der Waals surface area contributed by atoms with Crippen LogP contribution in [0.25, 0.3) is 0 Å². The number of carbonyl (C=O) groups is 1. The number of amides is 2. The van der Waals surface area contributed by atoms with Gasteiger partial charge in [0.25, 0.3) is 5.69 Å². The van der Waals surface area contributed by atoms with Gasteiger partial charge in [-0.15, -0.1) is 0 Å². The quantitative estimate of drug-likeness (QED) is 0.676. The van der Waals surface area contributed by atoms with Gasteiger partial charge < -0.3 is 15.0 Å². The van der Waals surface area contributed by atoms with Crippen LogP contribution in [0.4, 0.5) is 25.0 Å². The summed E-state index contributed by atoms with van der Waals surface area (Å²) in [5.41, 5.74) is -0.483. The summed E-state index contributed by atoms with van der Waals surface area (Å²) in [5, 5.41) is 13.2. The SMILES string of the molecule is O=C(Nc1cc([N+](=O)[O-])ccc1OC(F)F)N1CCSCC1. The molecule has 1 heterocycles. The van der Waals surface area contributed by atoms with Gasteiger partial charge in [-0.2, -0.15) is 20.5 Å². The fourth-order valence-corrected chi connectivity index (χ4v) is 2.79. The first-order valence-electron chi connectivity index (χ1n) is 6.34. The highest BCUT2D eigenvalue weighted by molar-refractivity contribution is 7.99. The van der Waals surface area contributed by atoms with Crippen LogP contribution in [0.1, 0.15) is 0 Å². The minimum absolute atomic E-state index is 0.155. The number of urea groups is 1. The number of halogens is 2. The van der Waals surface area contributed by atoms with Crippen LogP contribution in [0.15, 0.2) is 18.2 Å². The van der Waals surface area contributed by atoms with Crippen LogP contribution in [0, 0.1) is 10.1 Å². The van der Waals surface area contributed by atoms with Gasteiger partial charge in [-0.05, 0) is 6.07 Å². The van der Waals surface area contributed by atoms with Gasteiger partial charge in [-0.1, -0.05) is 0 Å². The maximum atomic E-state index is 12.4. The summed E-state index contributed by atoms with van der Waals surface area (Å²) in [6.07, 6.45) is 0. The van der Waals surface area contributed by atoms with Gasteiger partial charge >= 0.3 is 12.6 Å². The first-order chi connectivity index (χ1) is 10.5. The van der Waals surface area contributed by atoms with Gasteiger partial charge in [0.15, 0.2) is 0 Å². The van der Waals surface area contributed by atoms with Gasteiger partial charge in [0.05, 0.1) is 10.6 Å². The number of hydrogen-bond acceptors (Lipinski definition) is 5. The Kier molecular flexibility index (Phi) is 5.36. The van der Waals surface area contributed by atoms with Crippen molar-refractivity contribution in [2.24, 2.45) is 0 Å². The molecule has 0 aromatic heterocycles. The Morgan fingerprint density at radius 2 is 2.09 bits per heavy atom. The summed E-state index contributed by atoms with van der Waals surface area (Å²) in [6.45, 7) is -2.05. The minimum atomic E-state index is -3.09. The lowest BCUT2D eigenvalue weighted by atomic mass is 10.2. The summed E-state index contributed by atoms with van der Waals surface area (Å²) in [5.74, 6) is 1.24. The third kappa shape index (κ3) is 4.20. The average molecular weight is 333 g/mol. The van der Waals surface area contributed by atoms with E-state index in [1.165, 1.54) is 4.90 Å². The molecule has 1 saturated heterocycles. The van der Waals surface area contributed by atoms with E-state index in [-0.39, 0.29) is 17.1 Å². The van der Waals surface area contributed by atoms with E-state index >= 15 is 0 Å². The molecule has 1 aromatic rings. The molecule has 0 spiro atoms. The molecular weight excluding hydrogens is 320 g/mol. The fourth-order valence-electron chi connectivity index (χ4n) is 1.89. The zero-order valence-electron chi connectivity index (χ0n) is 11.3. The summed E-state index contributed by atoms with van der Waals surface area (Å²) in [7, 11) is 0. The van der Waals surface area contributed by atoms with Gasteiger partial charge in [0.2, 0.25) is 0 Å². The molecule has 1 fully saturated rings. The van der Waals surface area contributed by atoms with Crippen molar-refractivity contribution in [2.75, 3.05) is 29.9 Å². The number of carbonyl (C=O) groups excluding carboxylic acids is 1. The van der Waals surface area contributed by atoms with Crippen molar-refractivity contribution in [3.8, 4) is 5.75 Å². The Bertz CT molecular complexity index is 567. The molecule has 1 aliphatic heterocycles. The van der Waals surface area contributed by atoms with Crippen molar-refractivity contribution >= 4 is 29.2 Å². The third-order valence-corrected chi connectivity index (χ3v) is 3.87. The van der Waals surface area contributed by atoms with Crippen molar-refractivity contribution in [1.82, 2.24) is 4.90 Å². The minimum Gasteiger partial charge on any atom is -0.433 e. The highest BCUT2D eigenvalue weighted by atomic mass is 32.2. The highest BCUT2D eigenvalue weighted by Gasteiger charge is 2.21. The second-order valence-electron chi connectivity index (χ2n) is 4.35.